The second kappa shape index (κ2) is 8.24. The molecule has 0 saturated carbocycles. The quantitative estimate of drug-likeness (QED) is 0.566. The Labute approximate surface area is 193 Å². The zero-order valence-corrected chi connectivity index (χ0v) is 18.9. The van der Waals surface area contributed by atoms with Crippen molar-refractivity contribution in [1.82, 2.24) is 0 Å². The van der Waals surface area contributed by atoms with Gasteiger partial charge in [0.05, 0.1) is 11.8 Å². The number of nitrogens with zero attached hydrogens (tertiary/aromatic N) is 1. The number of phenols is 2. The van der Waals surface area contributed by atoms with E-state index in [9.17, 15) is 18.6 Å². The van der Waals surface area contributed by atoms with Gasteiger partial charge in [-0.15, -0.1) is 0 Å². The summed E-state index contributed by atoms with van der Waals surface area (Å²) in [7, 11) is -3.71. The van der Waals surface area contributed by atoms with Crippen LogP contribution in [0.5, 0.6) is 11.5 Å². The maximum absolute atomic E-state index is 13.8. The molecule has 0 unspecified atom stereocenters. The van der Waals surface area contributed by atoms with Crippen molar-refractivity contribution < 1.29 is 23.4 Å². The fourth-order valence-electron chi connectivity index (χ4n) is 4.91. The predicted octanol–water partition coefficient (Wildman–Crippen LogP) is 4.40. The normalized spacial score (nSPS) is 22.0. The first-order valence-corrected chi connectivity index (χ1v) is 12.5. The molecule has 5 rings (SSSR count). The van der Waals surface area contributed by atoms with Crippen molar-refractivity contribution in [3.8, 4) is 11.5 Å². The summed E-state index contributed by atoms with van der Waals surface area (Å²) in [6.07, 6.45) is -0.655. The van der Waals surface area contributed by atoms with Crippen LogP contribution < -0.4 is 4.31 Å². The van der Waals surface area contributed by atoms with Crippen molar-refractivity contribution in [2.45, 2.75) is 30.8 Å². The number of benzene rings is 3. The summed E-state index contributed by atoms with van der Waals surface area (Å²) in [5.74, 6) is 0.302. The van der Waals surface area contributed by atoms with Crippen LogP contribution in [0.3, 0.4) is 0 Å². The number of hydrogen-bond acceptors (Lipinski definition) is 5. The van der Waals surface area contributed by atoms with Gasteiger partial charge in [0, 0.05) is 6.54 Å². The van der Waals surface area contributed by atoms with Crippen LogP contribution in [0.25, 0.3) is 11.1 Å². The molecule has 3 atom stereocenters. The second-order valence-corrected chi connectivity index (χ2v) is 10.4. The molecule has 1 saturated heterocycles. The van der Waals surface area contributed by atoms with Gasteiger partial charge in [0.15, 0.2) is 0 Å². The summed E-state index contributed by atoms with van der Waals surface area (Å²) in [5, 5.41) is 18.8. The van der Waals surface area contributed by atoms with Gasteiger partial charge in [-0.2, -0.15) is 0 Å². The number of anilines is 1. The third kappa shape index (κ3) is 3.67. The van der Waals surface area contributed by atoms with Crippen LogP contribution in [-0.4, -0.2) is 42.6 Å². The minimum atomic E-state index is -3.71. The molecule has 2 bridgehead atoms. The zero-order chi connectivity index (χ0) is 23.2. The third-order valence-electron chi connectivity index (χ3n) is 6.37. The highest BCUT2D eigenvalue weighted by Gasteiger charge is 2.54. The highest BCUT2D eigenvalue weighted by atomic mass is 32.2. The van der Waals surface area contributed by atoms with E-state index in [4.69, 9.17) is 4.74 Å². The van der Waals surface area contributed by atoms with E-state index in [-0.39, 0.29) is 17.6 Å². The Morgan fingerprint density at radius 3 is 1.94 bits per heavy atom. The van der Waals surface area contributed by atoms with Gasteiger partial charge < -0.3 is 14.9 Å². The number of aromatic hydroxyl groups is 2. The zero-order valence-electron chi connectivity index (χ0n) is 18.1. The Morgan fingerprint density at radius 2 is 1.39 bits per heavy atom. The molecule has 0 spiro atoms. The monoisotopic (exact) mass is 463 g/mol. The van der Waals surface area contributed by atoms with Gasteiger partial charge in [-0.05, 0) is 72.0 Å². The van der Waals surface area contributed by atoms with Gasteiger partial charge in [0.25, 0.3) is 0 Å². The lowest BCUT2D eigenvalue weighted by Gasteiger charge is -2.31. The van der Waals surface area contributed by atoms with Crippen LogP contribution in [0, 0.1) is 0 Å². The van der Waals surface area contributed by atoms with E-state index in [0.29, 0.717) is 18.7 Å². The Bertz CT molecular complexity index is 1280. The highest BCUT2D eigenvalue weighted by Crippen LogP contribution is 2.51. The molecule has 2 aliphatic rings. The molecule has 0 amide bonds. The lowest BCUT2D eigenvalue weighted by Crippen LogP contribution is -2.43. The summed E-state index contributed by atoms with van der Waals surface area (Å²) in [6, 6.07) is 22.7. The standard InChI is InChI=1S/C26H25NO5S/c1-2-27(19-6-4-3-5-7-19)33(30,31)23-16-22-24(17-8-12-20(28)13-9-17)25(26(23)32-22)18-10-14-21(29)15-11-18/h3-15,22-23,26,28-29H,2,16H2,1H3/t22-,23+,26+/m0/s1. The molecule has 0 radical (unpaired) electrons. The Balaban J connectivity index is 1.61. The SMILES string of the molecule is CCN(c1ccccc1)S(=O)(=O)[C@@H]1C[C@@H]2O[C@H]1C(c1ccc(O)cc1)=C2c1ccc(O)cc1. The first kappa shape index (κ1) is 21.6. The summed E-state index contributed by atoms with van der Waals surface area (Å²) >= 11 is 0. The molecule has 1 fully saturated rings. The summed E-state index contributed by atoms with van der Waals surface area (Å²) < 4.78 is 35.4. The smallest absolute Gasteiger partial charge is 0.241 e. The highest BCUT2D eigenvalue weighted by molar-refractivity contribution is 7.93. The molecule has 0 aliphatic carbocycles. The minimum absolute atomic E-state index is 0.139. The summed E-state index contributed by atoms with van der Waals surface area (Å²) in [5.41, 5.74) is 4.08. The average molecular weight is 464 g/mol. The molecule has 6 nitrogen and oxygen atoms in total. The van der Waals surface area contributed by atoms with E-state index in [0.717, 1.165) is 22.3 Å². The average Bonchev–Trinajstić information content (AvgIpc) is 3.41. The fourth-order valence-corrected chi connectivity index (χ4v) is 6.94. The van der Waals surface area contributed by atoms with E-state index in [2.05, 4.69) is 0 Å². The van der Waals surface area contributed by atoms with Crippen LogP contribution in [-0.2, 0) is 14.8 Å². The number of sulfonamides is 1. The first-order valence-electron chi connectivity index (χ1n) is 10.9. The van der Waals surface area contributed by atoms with Gasteiger partial charge in [-0.25, -0.2) is 8.42 Å². The minimum Gasteiger partial charge on any atom is -0.508 e. The first-order chi connectivity index (χ1) is 15.9. The molecule has 2 N–H and O–H groups in total. The number of phenolic OH excluding ortho intramolecular Hbond substituents is 2. The number of hydrogen-bond donors (Lipinski definition) is 2. The number of rotatable bonds is 6. The van der Waals surface area contributed by atoms with Crippen molar-refractivity contribution >= 4 is 26.9 Å². The van der Waals surface area contributed by atoms with Crippen LogP contribution in [0.4, 0.5) is 5.69 Å². The topological polar surface area (TPSA) is 87.1 Å². The molecule has 3 aromatic carbocycles. The van der Waals surface area contributed by atoms with Gasteiger partial charge in [-0.1, -0.05) is 42.5 Å². The van der Waals surface area contributed by atoms with Gasteiger partial charge in [-0.3, -0.25) is 4.31 Å². The predicted molar refractivity (Wildman–Crippen MR) is 128 cm³/mol. The van der Waals surface area contributed by atoms with Crippen LogP contribution in [0.2, 0.25) is 0 Å². The Morgan fingerprint density at radius 1 is 0.848 bits per heavy atom. The van der Waals surface area contributed by atoms with Gasteiger partial charge in [0.1, 0.15) is 22.9 Å². The van der Waals surface area contributed by atoms with Crippen molar-refractivity contribution in [1.29, 1.82) is 0 Å². The third-order valence-corrected chi connectivity index (χ3v) is 8.66. The summed E-state index contributed by atoms with van der Waals surface area (Å²) in [4.78, 5) is 0. The van der Waals surface area contributed by atoms with Gasteiger partial charge >= 0.3 is 0 Å². The lowest BCUT2D eigenvalue weighted by molar-refractivity contribution is 0.128. The largest absolute Gasteiger partial charge is 0.508 e. The van der Waals surface area contributed by atoms with Crippen molar-refractivity contribution in [2.24, 2.45) is 0 Å². The molecular weight excluding hydrogens is 438 g/mol. The maximum atomic E-state index is 13.8. The van der Waals surface area contributed by atoms with Crippen LogP contribution >= 0.6 is 0 Å². The van der Waals surface area contributed by atoms with Crippen LogP contribution in [0.1, 0.15) is 24.5 Å². The Hall–Kier alpha value is -3.29. The van der Waals surface area contributed by atoms with E-state index in [1.807, 2.05) is 37.3 Å². The molecule has 2 heterocycles. The molecule has 170 valence electrons. The van der Waals surface area contributed by atoms with Gasteiger partial charge in [0.2, 0.25) is 10.0 Å². The lowest BCUT2D eigenvalue weighted by atomic mass is 9.83. The van der Waals surface area contributed by atoms with Crippen molar-refractivity contribution in [3.05, 3.63) is 90.0 Å². The van der Waals surface area contributed by atoms with Crippen molar-refractivity contribution in [2.75, 3.05) is 10.8 Å². The van der Waals surface area contributed by atoms with E-state index < -0.39 is 21.4 Å². The van der Waals surface area contributed by atoms with Crippen molar-refractivity contribution in [3.63, 3.8) is 0 Å². The molecule has 3 aromatic rings. The molecule has 33 heavy (non-hydrogen) atoms. The number of para-hydroxylation sites is 1. The van der Waals surface area contributed by atoms with E-state index >= 15 is 0 Å². The maximum Gasteiger partial charge on any atom is 0.241 e. The summed E-state index contributed by atoms with van der Waals surface area (Å²) in [6.45, 7) is 2.15. The number of fused-ring (bicyclic) bond motifs is 2. The molecule has 2 aliphatic heterocycles. The molecule has 7 heteroatoms. The molecular formula is C26H25NO5S. The Kier molecular flexibility index (Phi) is 5.38. The molecule has 0 aromatic heterocycles. The number of ether oxygens (including phenoxy) is 1. The van der Waals surface area contributed by atoms with E-state index in [1.165, 1.54) is 4.31 Å². The fraction of sp³-hybridized carbons (Fsp3) is 0.231. The van der Waals surface area contributed by atoms with E-state index in [1.54, 1.807) is 48.5 Å². The van der Waals surface area contributed by atoms with Crippen LogP contribution in [0.15, 0.2) is 78.9 Å². The second-order valence-electron chi connectivity index (χ2n) is 8.29.